The lowest BCUT2D eigenvalue weighted by Gasteiger charge is -2.18. The van der Waals surface area contributed by atoms with Crippen molar-refractivity contribution in [3.05, 3.63) is 0 Å². The monoisotopic (exact) mass is 302 g/mol. The van der Waals surface area contributed by atoms with Crippen molar-refractivity contribution < 1.29 is 28.6 Å². The highest BCUT2D eigenvalue weighted by Gasteiger charge is 2.31. The Bertz CT molecular complexity index is 337. The van der Waals surface area contributed by atoms with E-state index in [0.717, 1.165) is 0 Å². The molecule has 0 aliphatic heterocycles. The van der Waals surface area contributed by atoms with Crippen molar-refractivity contribution in [2.45, 2.75) is 72.7 Å². The average Bonchev–Trinajstić information content (AvgIpc) is 2.25. The van der Waals surface area contributed by atoms with Gasteiger partial charge >= 0.3 is 17.9 Å². The highest BCUT2D eigenvalue weighted by atomic mass is 16.6. The second kappa shape index (κ2) is 9.37. The molecule has 6 heteroatoms. The molecule has 0 rings (SSSR count). The fraction of sp³-hybridized carbons (Fsp3) is 0.800. The molecule has 0 aromatic rings. The highest BCUT2D eigenvalue weighted by molar-refractivity contribution is 5.95. The van der Waals surface area contributed by atoms with Gasteiger partial charge in [-0.2, -0.15) is 0 Å². The van der Waals surface area contributed by atoms with E-state index in [2.05, 4.69) is 0 Å². The zero-order valence-electron chi connectivity index (χ0n) is 13.7. The largest absolute Gasteiger partial charge is 0.463 e. The smallest absolute Gasteiger partial charge is 0.320 e. The van der Waals surface area contributed by atoms with E-state index in [1.807, 2.05) is 0 Å². The van der Waals surface area contributed by atoms with Gasteiger partial charge < -0.3 is 14.2 Å². The Morgan fingerprint density at radius 3 is 1.43 bits per heavy atom. The van der Waals surface area contributed by atoms with Crippen LogP contribution in [0.1, 0.15) is 54.4 Å². The van der Waals surface area contributed by atoms with Gasteiger partial charge in [0.1, 0.15) is 0 Å². The van der Waals surface area contributed by atoms with E-state index in [4.69, 9.17) is 14.2 Å². The molecule has 0 aliphatic rings. The number of esters is 3. The van der Waals surface area contributed by atoms with Gasteiger partial charge in [-0.25, -0.2) is 0 Å². The van der Waals surface area contributed by atoms with Gasteiger partial charge in [0.25, 0.3) is 0 Å². The predicted molar refractivity (Wildman–Crippen MR) is 76.4 cm³/mol. The molecule has 0 spiro atoms. The van der Waals surface area contributed by atoms with Gasteiger partial charge in [-0.3, -0.25) is 14.4 Å². The molecule has 0 aromatic carbocycles. The van der Waals surface area contributed by atoms with Crippen molar-refractivity contribution in [2.75, 3.05) is 0 Å². The van der Waals surface area contributed by atoms with Crippen LogP contribution in [-0.4, -0.2) is 36.2 Å². The third-order valence-corrected chi connectivity index (χ3v) is 2.28. The normalized spacial score (nSPS) is 11.1. The summed E-state index contributed by atoms with van der Waals surface area (Å²) in [6.45, 7) is 10.2. The molecule has 0 aliphatic carbocycles. The second-order valence-corrected chi connectivity index (χ2v) is 5.60. The number of rotatable bonds is 8. The summed E-state index contributed by atoms with van der Waals surface area (Å²) < 4.78 is 15.1. The summed E-state index contributed by atoms with van der Waals surface area (Å²) in [4.78, 5) is 35.4. The Morgan fingerprint density at radius 1 is 0.714 bits per heavy atom. The Balaban J connectivity index is 4.69. The van der Waals surface area contributed by atoms with Gasteiger partial charge in [0.05, 0.1) is 18.3 Å². The molecule has 0 radical (unpaired) electrons. The number of carbonyl (C=O) groups is 3. The van der Waals surface area contributed by atoms with Gasteiger partial charge in [0.15, 0.2) is 5.92 Å². The summed E-state index contributed by atoms with van der Waals surface area (Å²) in [6, 6.07) is 0. The van der Waals surface area contributed by atoms with Crippen molar-refractivity contribution in [1.82, 2.24) is 0 Å². The first-order valence-corrected chi connectivity index (χ1v) is 7.24. The molecule has 0 heterocycles. The molecule has 122 valence electrons. The second-order valence-electron chi connectivity index (χ2n) is 5.60. The molecule has 0 bridgehead atoms. The molecule has 21 heavy (non-hydrogen) atoms. The van der Waals surface area contributed by atoms with Gasteiger partial charge in [0, 0.05) is 6.42 Å². The molecule has 0 unspecified atom stereocenters. The van der Waals surface area contributed by atoms with E-state index >= 15 is 0 Å². The fourth-order valence-electron chi connectivity index (χ4n) is 1.54. The van der Waals surface area contributed by atoms with Crippen LogP contribution < -0.4 is 0 Å². The Hall–Kier alpha value is -1.59. The minimum absolute atomic E-state index is 0.0165. The fourth-order valence-corrected chi connectivity index (χ4v) is 1.54. The van der Waals surface area contributed by atoms with Gasteiger partial charge in [-0.05, 0) is 48.0 Å². The molecule has 0 N–H and O–H groups in total. The molecule has 0 saturated heterocycles. The lowest BCUT2D eigenvalue weighted by Crippen LogP contribution is -2.32. The SMILES string of the molecule is CC(C)OC(=O)CCC(C(=O)OC(C)C)C(=O)OC(C)C. The molecule has 0 atom stereocenters. The van der Waals surface area contributed by atoms with E-state index in [0.29, 0.717) is 0 Å². The average molecular weight is 302 g/mol. The first kappa shape index (κ1) is 19.4. The van der Waals surface area contributed by atoms with E-state index in [9.17, 15) is 14.4 Å². The topological polar surface area (TPSA) is 78.9 Å². The van der Waals surface area contributed by atoms with Crippen LogP contribution in [-0.2, 0) is 28.6 Å². The van der Waals surface area contributed by atoms with Crippen LogP contribution in [0.5, 0.6) is 0 Å². The van der Waals surface area contributed by atoms with E-state index in [1.165, 1.54) is 0 Å². The van der Waals surface area contributed by atoms with E-state index < -0.39 is 23.8 Å². The van der Waals surface area contributed by atoms with E-state index in [1.54, 1.807) is 41.5 Å². The number of hydrogen-bond donors (Lipinski definition) is 0. The lowest BCUT2D eigenvalue weighted by molar-refractivity contribution is -0.167. The number of carbonyl (C=O) groups excluding carboxylic acids is 3. The Morgan fingerprint density at radius 2 is 1.10 bits per heavy atom. The molecule has 0 saturated carbocycles. The van der Waals surface area contributed by atoms with Crippen LogP contribution in [0.2, 0.25) is 0 Å². The van der Waals surface area contributed by atoms with Crippen LogP contribution in [0.15, 0.2) is 0 Å². The van der Waals surface area contributed by atoms with Crippen LogP contribution >= 0.6 is 0 Å². The maximum absolute atomic E-state index is 11.9. The molecule has 0 fully saturated rings. The van der Waals surface area contributed by atoms with Gasteiger partial charge in [-0.15, -0.1) is 0 Å². The third-order valence-electron chi connectivity index (χ3n) is 2.28. The maximum Gasteiger partial charge on any atom is 0.320 e. The Labute approximate surface area is 126 Å². The van der Waals surface area contributed by atoms with Crippen LogP contribution in [0.25, 0.3) is 0 Å². The van der Waals surface area contributed by atoms with Crippen molar-refractivity contribution in [3.8, 4) is 0 Å². The molecule has 0 amide bonds. The summed E-state index contributed by atoms with van der Waals surface area (Å²) >= 11 is 0. The molecule has 6 nitrogen and oxygen atoms in total. The standard InChI is InChI=1S/C15H26O6/c1-9(2)19-13(16)8-7-12(14(17)20-10(3)4)15(18)21-11(5)6/h9-12H,7-8H2,1-6H3. The quantitative estimate of drug-likeness (QED) is 0.389. The molecular weight excluding hydrogens is 276 g/mol. The minimum atomic E-state index is -1.10. The van der Waals surface area contributed by atoms with Crippen molar-refractivity contribution in [1.29, 1.82) is 0 Å². The van der Waals surface area contributed by atoms with Crippen molar-refractivity contribution in [3.63, 3.8) is 0 Å². The highest BCUT2D eigenvalue weighted by Crippen LogP contribution is 2.15. The first-order valence-electron chi connectivity index (χ1n) is 7.24. The summed E-state index contributed by atoms with van der Waals surface area (Å²) in [5.74, 6) is -2.90. The predicted octanol–water partition coefficient (Wildman–Crippen LogP) is 2.24. The summed E-state index contributed by atoms with van der Waals surface area (Å²) in [5, 5.41) is 0. The Kier molecular flexibility index (Phi) is 8.66. The third kappa shape index (κ3) is 9.05. The molecular formula is C15H26O6. The number of hydrogen-bond acceptors (Lipinski definition) is 6. The zero-order chi connectivity index (χ0) is 16.6. The van der Waals surface area contributed by atoms with Crippen LogP contribution in [0, 0.1) is 5.92 Å². The van der Waals surface area contributed by atoms with Crippen LogP contribution in [0.4, 0.5) is 0 Å². The summed E-state index contributed by atoms with van der Waals surface area (Å²) in [5.41, 5.74) is 0. The molecule has 0 aromatic heterocycles. The summed E-state index contributed by atoms with van der Waals surface area (Å²) in [7, 11) is 0. The van der Waals surface area contributed by atoms with E-state index in [-0.39, 0.29) is 31.2 Å². The first-order chi connectivity index (χ1) is 9.63. The summed E-state index contributed by atoms with van der Waals surface area (Å²) in [6.07, 6.45) is -0.934. The van der Waals surface area contributed by atoms with Crippen molar-refractivity contribution >= 4 is 17.9 Å². The van der Waals surface area contributed by atoms with Gasteiger partial charge in [0.2, 0.25) is 0 Å². The van der Waals surface area contributed by atoms with Gasteiger partial charge in [-0.1, -0.05) is 0 Å². The maximum atomic E-state index is 11.9. The minimum Gasteiger partial charge on any atom is -0.463 e. The zero-order valence-corrected chi connectivity index (χ0v) is 13.7. The number of ether oxygens (including phenoxy) is 3. The lowest BCUT2D eigenvalue weighted by atomic mass is 10.0. The van der Waals surface area contributed by atoms with Crippen molar-refractivity contribution in [2.24, 2.45) is 5.92 Å². The van der Waals surface area contributed by atoms with Crippen LogP contribution in [0.3, 0.4) is 0 Å².